The monoisotopic (exact) mass is 201 g/mol. The molecular weight excluding hydrogens is 188 g/mol. The van der Waals surface area contributed by atoms with Crippen LogP contribution in [-0.4, -0.2) is 18.3 Å². The molecule has 1 aromatic rings. The molecule has 0 aliphatic carbocycles. The first-order valence-corrected chi connectivity index (χ1v) is 4.36. The van der Waals surface area contributed by atoms with Gasteiger partial charge in [0.1, 0.15) is 11.6 Å². The molecule has 1 atom stereocenters. The van der Waals surface area contributed by atoms with Gasteiger partial charge in [0.25, 0.3) is 0 Å². The highest BCUT2D eigenvalue weighted by atomic mass is 19.1. The van der Waals surface area contributed by atoms with Crippen LogP contribution in [0.3, 0.4) is 0 Å². The molecule has 0 heterocycles. The molecule has 0 saturated heterocycles. The molecule has 0 aliphatic heterocycles. The van der Waals surface area contributed by atoms with Gasteiger partial charge in [-0.3, -0.25) is 0 Å². The van der Waals surface area contributed by atoms with Crippen molar-refractivity contribution in [1.29, 1.82) is 0 Å². The van der Waals surface area contributed by atoms with Crippen molar-refractivity contribution in [1.82, 2.24) is 0 Å². The van der Waals surface area contributed by atoms with Crippen molar-refractivity contribution in [3.05, 3.63) is 34.9 Å². The molecule has 0 fully saturated rings. The fraction of sp³-hybridized carbons (Fsp3) is 0.400. The highest BCUT2D eigenvalue weighted by Gasteiger charge is 2.15. The van der Waals surface area contributed by atoms with E-state index in [-0.39, 0.29) is 24.3 Å². The molecule has 0 spiro atoms. The van der Waals surface area contributed by atoms with E-state index in [4.69, 9.17) is 10.8 Å². The second kappa shape index (κ2) is 4.48. The minimum atomic E-state index is -0.537. The first kappa shape index (κ1) is 11.1. The highest BCUT2D eigenvalue weighted by Crippen LogP contribution is 2.21. The predicted molar refractivity (Wildman–Crippen MR) is 50.0 cm³/mol. The number of benzene rings is 1. The third-order valence-corrected chi connectivity index (χ3v) is 2.22. The molecule has 1 unspecified atom stereocenters. The van der Waals surface area contributed by atoms with E-state index in [9.17, 15) is 8.78 Å². The number of nitrogens with two attached hydrogens (primary N) is 1. The van der Waals surface area contributed by atoms with E-state index in [2.05, 4.69) is 0 Å². The fourth-order valence-corrected chi connectivity index (χ4v) is 1.27. The Morgan fingerprint density at radius 3 is 2.50 bits per heavy atom. The Kier molecular flexibility index (Phi) is 3.55. The third kappa shape index (κ3) is 2.08. The SMILES string of the molecule is Cc1cc(F)c(C(CN)CO)cc1F. The maximum atomic E-state index is 13.3. The summed E-state index contributed by atoms with van der Waals surface area (Å²) in [6, 6.07) is 2.21. The van der Waals surface area contributed by atoms with Crippen LogP contribution in [0.15, 0.2) is 12.1 Å². The molecule has 2 nitrogen and oxygen atoms in total. The molecule has 4 heteroatoms. The summed E-state index contributed by atoms with van der Waals surface area (Å²) in [4.78, 5) is 0. The summed E-state index contributed by atoms with van der Waals surface area (Å²) in [5.41, 5.74) is 5.71. The Morgan fingerprint density at radius 2 is 2.00 bits per heavy atom. The number of rotatable bonds is 3. The number of hydrogen-bond donors (Lipinski definition) is 2. The Balaban J connectivity index is 3.14. The average molecular weight is 201 g/mol. The lowest BCUT2D eigenvalue weighted by Gasteiger charge is -2.13. The van der Waals surface area contributed by atoms with E-state index in [0.29, 0.717) is 0 Å². The van der Waals surface area contributed by atoms with E-state index in [0.717, 1.165) is 12.1 Å². The second-order valence-corrected chi connectivity index (χ2v) is 3.24. The zero-order valence-corrected chi connectivity index (χ0v) is 7.93. The number of hydrogen-bond acceptors (Lipinski definition) is 2. The number of aliphatic hydroxyl groups is 1. The van der Waals surface area contributed by atoms with Gasteiger partial charge in [-0.15, -0.1) is 0 Å². The van der Waals surface area contributed by atoms with E-state index in [1.165, 1.54) is 6.92 Å². The molecule has 0 aliphatic rings. The summed E-state index contributed by atoms with van der Waals surface area (Å²) in [5, 5.41) is 8.89. The topological polar surface area (TPSA) is 46.2 Å². The van der Waals surface area contributed by atoms with Gasteiger partial charge in [-0.05, 0) is 30.2 Å². The van der Waals surface area contributed by atoms with Gasteiger partial charge in [0, 0.05) is 12.5 Å². The number of aliphatic hydroxyl groups excluding tert-OH is 1. The third-order valence-electron chi connectivity index (χ3n) is 2.22. The van der Waals surface area contributed by atoms with Crippen LogP contribution in [0.4, 0.5) is 8.78 Å². The van der Waals surface area contributed by atoms with Gasteiger partial charge < -0.3 is 10.8 Å². The molecule has 1 rings (SSSR count). The Bertz CT molecular complexity index is 324. The van der Waals surface area contributed by atoms with Crippen molar-refractivity contribution < 1.29 is 13.9 Å². The largest absolute Gasteiger partial charge is 0.396 e. The summed E-state index contributed by atoms with van der Waals surface area (Å²) < 4.78 is 26.4. The zero-order chi connectivity index (χ0) is 10.7. The van der Waals surface area contributed by atoms with E-state index < -0.39 is 17.6 Å². The normalized spacial score (nSPS) is 12.9. The van der Waals surface area contributed by atoms with E-state index >= 15 is 0 Å². The van der Waals surface area contributed by atoms with Crippen molar-refractivity contribution in [2.24, 2.45) is 5.73 Å². The lowest BCUT2D eigenvalue weighted by atomic mass is 9.98. The van der Waals surface area contributed by atoms with Gasteiger partial charge in [-0.25, -0.2) is 8.78 Å². The van der Waals surface area contributed by atoms with Gasteiger partial charge in [-0.2, -0.15) is 0 Å². The van der Waals surface area contributed by atoms with Gasteiger partial charge in [0.15, 0.2) is 0 Å². The van der Waals surface area contributed by atoms with Crippen LogP contribution in [0.1, 0.15) is 17.0 Å². The van der Waals surface area contributed by atoms with E-state index in [1.807, 2.05) is 0 Å². The Labute approximate surface area is 81.4 Å². The molecule has 1 aromatic carbocycles. The van der Waals surface area contributed by atoms with Gasteiger partial charge in [0.05, 0.1) is 6.61 Å². The highest BCUT2D eigenvalue weighted by molar-refractivity contribution is 5.28. The molecule has 0 aromatic heterocycles. The fourth-order valence-electron chi connectivity index (χ4n) is 1.27. The van der Waals surface area contributed by atoms with Crippen LogP contribution >= 0.6 is 0 Å². The summed E-state index contributed by atoms with van der Waals surface area (Å²) in [6.07, 6.45) is 0. The first-order chi connectivity index (χ1) is 6.60. The average Bonchev–Trinajstić information content (AvgIpc) is 2.15. The first-order valence-electron chi connectivity index (χ1n) is 4.36. The standard InChI is InChI=1S/C10H13F2NO/c1-6-2-10(12)8(3-9(6)11)7(4-13)5-14/h2-3,7,14H,4-5,13H2,1H3. The van der Waals surface area contributed by atoms with Crippen molar-refractivity contribution >= 4 is 0 Å². The molecule has 14 heavy (non-hydrogen) atoms. The van der Waals surface area contributed by atoms with Crippen LogP contribution < -0.4 is 5.73 Å². The molecule has 0 bridgehead atoms. The molecule has 0 amide bonds. The Hall–Kier alpha value is -1.00. The van der Waals surface area contributed by atoms with Crippen LogP contribution in [0.25, 0.3) is 0 Å². The van der Waals surface area contributed by atoms with Crippen LogP contribution in [0.2, 0.25) is 0 Å². The molecule has 0 radical (unpaired) electrons. The van der Waals surface area contributed by atoms with Crippen molar-refractivity contribution in [2.75, 3.05) is 13.2 Å². The van der Waals surface area contributed by atoms with Crippen molar-refractivity contribution in [2.45, 2.75) is 12.8 Å². The molecule has 78 valence electrons. The maximum absolute atomic E-state index is 13.3. The minimum Gasteiger partial charge on any atom is -0.396 e. The lowest BCUT2D eigenvalue weighted by Crippen LogP contribution is -2.17. The van der Waals surface area contributed by atoms with Crippen LogP contribution in [0.5, 0.6) is 0 Å². The predicted octanol–water partition coefficient (Wildman–Crippen LogP) is 1.31. The van der Waals surface area contributed by atoms with Crippen LogP contribution in [0, 0.1) is 18.6 Å². The number of aryl methyl sites for hydroxylation is 1. The molecule has 3 N–H and O–H groups in total. The molecular formula is C10H13F2NO. The smallest absolute Gasteiger partial charge is 0.127 e. The maximum Gasteiger partial charge on any atom is 0.127 e. The second-order valence-electron chi connectivity index (χ2n) is 3.24. The summed E-state index contributed by atoms with van der Waals surface area (Å²) in [7, 11) is 0. The minimum absolute atomic E-state index is 0.0932. The van der Waals surface area contributed by atoms with Gasteiger partial charge >= 0.3 is 0 Å². The Morgan fingerprint density at radius 1 is 1.36 bits per heavy atom. The van der Waals surface area contributed by atoms with E-state index in [1.54, 1.807) is 0 Å². The quantitative estimate of drug-likeness (QED) is 0.774. The lowest BCUT2D eigenvalue weighted by molar-refractivity contribution is 0.265. The summed E-state index contributed by atoms with van der Waals surface area (Å²) in [6.45, 7) is 1.30. The number of halogens is 2. The van der Waals surface area contributed by atoms with Gasteiger partial charge in [0.2, 0.25) is 0 Å². The summed E-state index contributed by atoms with van der Waals surface area (Å²) >= 11 is 0. The van der Waals surface area contributed by atoms with Crippen molar-refractivity contribution in [3.63, 3.8) is 0 Å². The molecule has 0 saturated carbocycles. The zero-order valence-electron chi connectivity index (χ0n) is 7.93. The van der Waals surface area contributed by atoms with Crippen LogP contribution in [-0.2, 0) is 0 Å². The van der Waals surface area contributed by atoms with Crippen molar-refractivity contribution in [3.8, 4) is 0 Å². The van der Waals surface area contributed by atoms with Gasteiger partial charge in [-0.1, -0.05) is 0 Å². The summed E-state index contributed by atoms with van der Waals surface area (Å²) in [5.74, 6) is -1.54.